The number of amides is 1. The zero-order valence-electron chi connectivity index (χ0n) is 14.7. The smallest absolute Gasteiger partial charge is 0.303 e. The van der Waals surface area contributed by atoms with E-state index >= 15 is 0 Å². The van der Waals surface area contributed by atoms with Gasteiger partial charge >= 0.3 is 5.97 Å². The summed E-state index contributed by atoms with van der Waals surface area (Å²) < 4.78 is 19.3. The maximum Gasteiger partial charge on any atom is 0.303 e. The Morgan fingerprint density at radius 3 is 2.75 bits per heavy atom. The fourth-order valence-corrected chi connectivity index (χ4v) is 2.75. The van der Waals surface area contributed by atoms with Gasteiger partial charge in [-0.05, 0) is 35.9 Å². The molecule has 0 fully saturated rings. The fourth-order valence-electron chi connectivity index (χ4n) is 2.55. The molecule has 0 aliphatic heterocycles. The highest BCUT2D eigenvalue weighted by Gasteiger charge is 2.09. The first kappa shape index (κ1) is 19.5. The minimum Gasteiger partial charge on any atom is -0.456 e. The molecule has 0 unspecified atom stereocenters. The monoisotopic (exact) mass is 403 g/mol. The molecular formula is C19H15ClFN3O4. The molecule has 0 spiro atoms. The molecule has 3 aromatic rings. The molecular weight excluding hydrogens is 389 g/mol. The number of esters is 1. The van der Waals surface area contributed by atoms with Crippen LogP contribution in [-0.4, -0.2) is 28.0 Å². The molecule has 0 radical (unpaired) electrons. The summed E-state index contributed by atoms with van der Waals surface area (Å²) in [7, 11) is 0. The average molecular weight is 404 g/mol. The van der Waals surface area contributed by atoms with Crippen molar-refractivity contribution in [2.24, 2.45) is 0 Å². The third-order valence-electron chi connectivity index (χ3n) is 3.85. The summed E-state index contributed by atoms with van der Waals surface area (Å²) in [4.78, 5) is 39.4. The molecule has 144 valence electrons. The quantitative estimate of drug-likeness (QED) is 0.661. The summed E-state index contributed by atoms with van der Waals surface area (Å²) in [5, 5.41) is 2.89. The number of nitrogens with zero attached hydrogens (tertiary/aromatic N) is 2. The lowest BCUT2D eigenvalue weighted by Crippen LogP contribution is -2.22. The number of benzene rings is 2. The topological polar surface area (TPSA) is 90.3 Å². The van der Waals surface area contributed by atoms with Crippen molar-refractivity contribution in [3.05, 3.63) is 69.5 Å². The summed E-state index contributed by atoms with van der Waals surface area (Å²) in [6.07, 6.45) is 1.37. The van der Waals surface area contributed by atoms with Crippen molar-refractivity contribution < 1.29 is 18.7 Å². The minimum absolute atomic E-state index is 0.0200. The predicted octanol–water partition coefficient (Wildman–Crippen LogP) is 2.74. The van der Waals surface area contributed by atoms with Crippen LogP contribution in [0.15, 0.2) is 47.5 Å². The van der Waals surface area contributed by atoms with E-state index in [1.165, 1.54) is 30.0 Å². The van der Waals surface area contributed by atoms with Crippen LogP contribution in [0.4, 0.5) is 10.1 Å². The lowest BCUT2D eigenvalue weighted by molar-refractivity contribution is -0.144. The second-order valence-corrected chi connectivity index (χ2v) is 6.39. The van der Waals surface area contributed by atoms with Gasteiger partial charge in [0.2, 0.25) is 0 Å². The highest BCUT2D eigenvalue weighted by Crippen LogP contribution is 2.17. The Labute approximate surface area is 163 Å². The van der Waals surface area contributed by atoms with Crippen molar-refractivity contribution >= 4 is 40.1 Å². The molecule has 3 rings (SSSR count). The largest absolute Gasteiger partial charge is 0.456 e. The van der Waals surface area contributed by atoms with Crippen LogP contribution in [0.1, 0.15) is 12.5 Å². The van der Waals surface area contributed by atoms with Crippen LogP contribution in [-0.2, 0) is 20.9 Å². The van der Waals surface area contributed by atoms with Crippen LogP contribution in [0.3, 0.4) is 0 Å². The van der Waals surface area contributed by atoms with E-state index in [1.54, 1.807) is 24.3 Å². The normalized spacial score (nSPS) is 10.7. The molecule has 0 aliphatic rings. The SMILES string of the molecule is CC(=O)OCC(=O)Nc1ccc2c(=O)n(Cc3ccc(F)c(Cl)c3)cnc2c1. The Bertz CT molecular complexity index is 1130. The Balaban J connectivity index is 1.82. The molecule has 0 atom stereocenters. The third-order valence-corrected chi connectivity index (χ3v) is 4.14. The molecule has 1 amide bonds. The van der Waals surface area contributed by atoms with E-state index in [-0.39, 0.29) is 17.1 Å². The maximum atomic E-state index is 13.3. The molecule has 9 heteroatoms. The molecule has 1 heterocycles. The standard InChI is InChI=1S/C19H15ClFN3O4/c1-11(25)28-9-18(26)23-13-3-4-14-17(7-13)22-10-24(19(14)27)8-12-2-5-16(21)15(20)6-12/h2-7,10H,8-9H2,1H3,(H,23,26). The number of carbonyl (C=O) groups is 2. The number of ether oxygens (including phenoxy) is 1. The van der Waals surface area contributed by atoms with Gasteiger partial charge in [-0.25, -0.2) is 9.37 Å². The Morgan fingerprint density at radius 1 is 1.25 bits per heavy atom. The van der Waals surface area contributed by atoms with Crippen LogP contribution in [0, 0.1) is 5.82 Å². The van der Waals surface area contributed by atoms with Crippen LogP contribution in [0.5, 0.6) is 0 Å². The van der Waals surface area contributed by atoms with Gasteiger partial charge < -0.3 is 10.1 Å². The number of aromatic nitrogens is 2. The second kappa shape index (κ2) is 8.18. The van der Waals surface area contributed by atoms with Crippen molar-refractivity contribution in [1.82, 2.24) is 9.55 Å². The second-order valence-electron chi connectivity index (χ2n) is 5.99. The van der Waals surface area contributed by atoms with Crippen LogP contribution >= 0.6 is 11.6 Å². The zero-order chi connectivity index (χ0) is 20.3. The van der Waals surface area contributed by atoms with Crippen molar-refractivity contribution in [2.75, 3.05) is 11.9 Å². The molecule has 0 saturated heterocycles. The molecule has 1 N–H and O–H groups in total. The lowest BCUT2D eigenvalue weighted by atomic mass is 10.2. The van der Waals surface area contributed by atoms with E-state index in [4.69, 9.17) is 11.6 Å². The van der Waals surface area contributed by atoms with E-state index < -0.39 is 24.3 Å². The summed E-state index contributed by atoms with van der Waals surface area (Å²) in [6.45, 7) is 0.989. The van der Waals surface area contributed by atoms with Gasteiger partial charge in [-0.2, -0.15) is 0 Å². The van der Waals surface area contributed by atoms with E-state index in [2.05, 4.69) is 15.0 Å². The van der Waals surface area contributed by atoms with Gasteiger partial charge in [0.25, 0.3) is 11.5 Å². The fraction of sp³-hybridized carbons (Fsp3) is 0.158. The van der Waals surface area contributed by atoms with Crippen molar-refractivity contribution in [3.63, 3.8) is 0 Å². The number of carbonyl (C=O) groups excluding carboxylic acids is 2. The van der Waals surface area contributed by atoms with Gasteiger partial charge in [0.15, 0.2) is 6.61 Å². The number of anilines is 1. The first-order valence-electron chi connectivity index (χ1n) is 8.20. The molecule has 0 aliphatic carbocycles. The highest BCUT2D eigenvalue weighted by molar-refractivity contribution is 6.30. The molecule has 28 heavy (non-hydrogen) atoms. The minimum atomic E-state index is -0.557. The Kier molecular flexibility index (Phi) is 5.70. The molecule has 7 nitrogen and oxygen atoms in total. The van der Waals surface area contributed by atoms with Crippen LogP contribution in [0.25, 0.3) is 10.9 Å². The Hall–Kier alpha value is -3.26. The van der Waals surface area contributed by atoms with Crippen molar-refractivity contribution in [2.45, 2.75) is 13.5 Å². The van der Waals surface area contributed by atoms with Crippen molar-refractivity contribution in [3.8, 4) is 0 Å². The number of nitrogens with one attached hydrogen (secondary N) is 1. The van der Waals surface area contributed by atoms with Crippen LogP contribution < -0.4 is 10.9 Å². The average Bonchev–Trinajstić information content (AvgIpc) is 2.65. The predicted molar refractivity (Wildman–Crippen MR) is 102 cm³/mol. The van der Waals surface area contributed by atoms with Gasteiger partial charge in [-0.3, -0.25) is 19.0 Å². The third kappa shape index (κ3) is 4.52. The van der Waals surface area contributed by atoms with Gasteiger partial charge in [0, 0.05) is 12.6 Å². The van der Waals surface area contributed by atoms with Crippen molar-refractivity contribution in [1.29, 1.82) is 0 Å². The van der Waals surface area contributed by atoms with E-state index in [1.807, 2.05) is 0 Å². The first-order chi connectivity index (χ1) is 13.3. The molecule has 0 bridgehead atoms. The number of rotatable bonds is 5. The number of halogens is 2. The summed E-state index contributed by atoms with van der Waals surface area (Å²) >= 11 is 5.77. The van der Waals surface area contributed by atoms with E-state index in [0.717, 1.165) is 0 Å². The number of hydrogen-bond donors (Lipinski definition) is 1. The summed E-state index contributed by atoms with van der Waals surface area (Å²) in [5.74, 6) is -1.59. The van der Waals surface area contributed by atoms with E-state index in [0.29, 0.717) is 22.2 Å². The Morgan fingerprint density at radius 2 is 2.04 bits per heavy atom. The van der Waals surface area contributed by atoms with Gasteiger partial charge in [-0.1, -0.05) is 17.7 Å². The lowest BCUT2D eigenvalue weighted by Gasteiger charge is -2.09. The molecule has 0 saturated carbocycles. The number of hydrogen-bond acceptors (Lipinski definition) is 5. The summed E-state index contributed by atoms with van der Waals surface area (Å²) in [5.41, 5.74) is 1.18. The van der Waals surface area contributed by atoms with E-state index in [9.17, 15) is 18.8 Å². The molecule has 2 aromatic carbocycles. The highest BCUT2D eigenvalue weighted by atomic mass is 35.5. The zero-order valence-corrected chi connectivity index (χ0v) is 15.5. The number of fused-ring (bicyclic) bond motifs is 1. The van der Waals surface area contributed by atoms with Gasteiger partial charge in [0.1, 0.15) is 5.82 Å². The van der Waals surface area contributed by atoms with Crippen LogP contribution in [0.2, 0.25) is 5.02 Å². The molecule has 1 aromatic heterocycles. The summed E-state index contributed by atoms with van der Waals surface area (Å²) in [6, 6.07) is 8.87. The van der Waals surface area contributed by atoms with Gasteiger partial charge in [-0.15, -0.1) is 0 Å². The van der Waals surface area contributed by atoms with Gasteiger partial charge in [0.05, 0.1) is 28.8 Å². The maximum absolute atomic E-state index is 13.3. The first-order valence-corrected chi connectivity index (χ1v) is 8.57.